The fourth-order valence-corrected chi connectivity index (χ4v) is 3.50. The molecule has 3 nitrogen and oxygen atoms in total. The van der Waals surface area contributed by atoms with Crippen molar-refractivity contribution in [1.82, 2.24) is 10.2 Å². The van der Waals surface area contributed by atoms with Gasteiger partial charge in [0.05, 0.1) is 5.92 Å². The molecule has 2 aliphatic rings. The lowest BCUT2D eigenvalue weighted by atomic mass is 9.80. The van der Waals surface area contributed by atoms with Crippen LogP contribution in [0.25, 0.3) is 0 Å². The van der Waals surface area contributed by atoms with Crippen molar-refractivity contribution in [3.8, 4) is 0 Å². The first-order chi connectivity index (χ1) is 9.80. The summed E-state index contributed by atoms with van der Waals surface area (Å²) in [4.78, 5) is 14.5. The predicted octanol–water partition coefficient (Wildman–Crippen LogP) is 2.81. The first-order valence-electron chi connectivity index (χ1n) is 7.88. The minimum absolute atomic E-state index is 0.0656. The molecule has 1 saturated heterocycles. The zero-order valence-corrected chi connectivity index (χ0v) is 12.7. The van der Waals surface area contributed by atoms with Gasteiger partial charge in [-0.3, -0.25) is 4.79 Å². The van der Waals surface area contributed by atoms with Crippen LogP contribution in [0, 0.1) is 17.8 Å². The van der Waals surface area contributed by atoms with Crippen LogP contribution >= 0.6 is 0 Å². The lowest BCUT2D eigenvalue weighted by Gasteiger charge is -2.41. The lowest BCUT2D eigenvalue weighted by molar-refractivity contribution is -0.185. The molecule has 0 radical (unpaired) electrons. The smallest absolute Gasteiger partial charge is 0.337 e. The quantitative estimate of drug-likeness (QED) is 0.851. The summed E-state index contributed by atoms with van der Waals surface area (Å²) in [5.41, 5.74) is 0. The molecule has 2 fully saturated rings. The van der Waals surface area contributed by atoms with Crippen molar-refractivity contribution >= 4 is 5.91 Å². The van der Waals surface area contributed by atoms with E-state index in [1.807, 2.05) is 4.90 Å². The number of alkyl halides is 3. The van der Waals surface area contributed by atoms with Gasteiger partial charge in [-0.15, -0.1) is 0 Å². The van der Waals surface area contributed by atoms with E-state index in [1.54, 1.807) is 0 Å². The molecule has 6 heteroatoms. The third-order valence-electron chi connectivity index (χ3n) is 4.88. The molecule has 122 valence electrons. The molecule has 1 atom stereocenters. The highest BCUT2D eigenvalue weighted by molar-refractivity contribution is 5.79. The van der Waals surface area contributed by atoms with Gasteiger partial charge in [-0.1, -0.05) is 13.8 Å². The molecule has 1 heterocycles. The number of carbonyl (C=O) groups is 1. The van der Waals surface area contributed by atoms with Crippen LogP contribution < -0.4 is 5.32 Å². The SMILES string of the molecule is CC(C)C1CNCCN1C(=O)[C@H]1CC[C@@H](C(F)(F)F)CC1. The van der Waals surface area contributed by atoms with E-state index in [1.165, 1.54) is 0 Å². The summed E-state index contributed by atoms with van der Waals surface area (Å²) in [6.07, 6.45) is -3.17. The number of carbonyl (C=O) groups excluding carboxylic acids is 1. The average Bonchev–Trinajstić information content (AvgIpc) is 2.45. The van der Waals surface area contributed by atoms with Crippen LogP contribution in [0.15, 0.2) is 0 Å². The van der Waals surface area contributed by atoms with Crippen LogP contribution in [-0.2, 0) is 4.79 Å². The van der Waals surface area contributed by atoms with E-state index in [4.69, 9.17) is 0 Å². The second-order valence-corrected chi connectivity index (χ2v) is 6.64. The Kier molecular flexibility index (Phi) is 5.17. The van der Waals surface area contributed by atoms with Gasteiger partial charge in [0.25, 0.3) is 0 Å². The number of piperazine rings is 1. The molecule has 21 heavy (non-hydrogen) atoms. The Bertz CT molecular complexity index is 362. The molecule has 0 aromatic heterocycles. The fourth-order valence-electron chi connectivity index (χ4n) is 3.50. The number of hydrogen-bond acceptors (Lipinski definition) is 2. The normalized spacial score (nSPS) is 31.5. The summed E-state index contributed by atoms with van der Waals surface area (Å²) in [7, 11) is 0. The van der Waals surface area contributed by atoms with E-state index < -0.39 is 12.1 Å². The Morgan fingerprint density at radius 3 is 2.33 bits per heavy atom. The van der Waals surface area contributed by atoms with Gasteiger partial charge in [-0.2, -0.15) is 13.2 Å². The van der Waals surface area contributed by atoms with Crippen molar-refractivity contribution in [2.45, 2.75) is 51.7 Å². The number of amides is 1. The standard InChI is InChI=1S/C15H25F3N2O/c1-10(2)13-9-19-7-8-20(13)14(21)11-3-5-12(6-4-11)15(16,17)18/h10-13,19H,3-9H2,1-2H3/t11-,12+,13?. The molecule has 1 aliphatic heterocycles. The predicted molar refractivity (Wildman–Crippen MR) is 74.7 cm³/mol. The highest BCUT2D eigenvalue weighted by Crippen LogP contribution is 2.40. The van der Waals surface area contributed by atoms with Gasteiger partial charge in [0, 0.05) is 31.6 Å². The van der Waals surface area contributed by atoms with Gasteiger partial charge in [0.2, 0.25) is 5.91 Å². The van der Waals surface area contributed by atoms with E-state index in [0.29, 0.717) is 25.3 Å². The Labute approximate surface area is 124 Å². The van der Waals surface area contributed by atoms with Gasteiger partial charge in [0.15, 0.2) is 0 Å². The fraction of sp³-hybridized carbons (Fsp3) is 0.933. The summed E-state index contributed by atoms with van der Waals surface area (Å²) < 4.78 is 38.1. The largest absolute Gasteiger partial charge is 0.391 e. The van der Waals surface area contributed by atoms with Gasteiger partial charge >= 0.3 is 6.18 Å². The van der Waals surface area contributed by atoms with Crippen molar-refractivity contribution in [2.24, 2.45) is 17.8 Å². The summed E-state index contributed by atoms with van der Waals surface area (Å²) in [6, 6.07) is 0.159. The Balaban J connectivity index is 1.94. The number of hydrogen-bond donors (Lipinski definition) is 1. The molecular formula is C15H25F3N2O. The van der Waals surface area contributed by atoms with Crippen molar-refractivity contribution in [3.05, 3.63) is 0 Å². The Morgan fingerprint density at radius 1 is 1.19 bits per heavy atom. The van der Waals surface area contributed by atoms with Crippen molar-refractivity contribution in [2.75, 3.05) is 19.6 Å². The first kappa shape index (κ1) is 16.6. The van der Waals surface area contributed by atoms with E-state index >= 15 is 0 Å². The molecule has 0 bridgehead atoms. The number of rotatable bonds is 2. The molecule has 1 saturated carbocycles. The molecule has 1 N–H and O–H groups in total. The number of nitrogens with zero attached hydrogens (tertiary/aromatic N) is 1. The lowest BCUT2D eigenvalue weighted by Crippen LogP contribution is -2.57. The maximum absolute atomic E-state index is 12.7. The molecule has 1 amide bonds. The molecule has 1 aliphatic carbocycles. The molecule has 0 aromatic carbocycles. The van der Waals surface area contributed by atoms with Gasteiger partial charge in [-0.05, 0) is 31.6 Å². The van der Waals surface area contributed by atoms with Crippen LogP contribution in [-0.4, -0.2) is 42.7 Å². The monoisotopic (exact) mass is 306 g/mol. The van der Waals surface area contributed by atoms with Gasteiger partial charge in [-0.25, -0.2) is 0 Å². The molecular weight excluding hydrogens is 281 g/mol. The Morgan fingerprint density at radius 2 is 1.81 bits per heavy atom. The summed E-state index contributed by atoms with van der Waals surface area (Å²) in [6.45, 7) is 6.38. The van der Waals surface area contributed by atoms with E-state index in [-0.39, 0.29) is 30.7 Å². The summed E-state index contributed by atoms with van der Waals surface area (Å²) in [5, 5.41) is 3.29. The molecule has 0 aromatic rings. The zero-order valence-electron chi connectivity index (χ0n) is 12.7. The van der Waals surface area contributed by atoms with Crippen LogP contribution in [0.5, 0.6) is 0 Å². The molecule has 0 spiro atoms. The van der Waals surface area contributed by atoms with Gasteiger partial charge < -0.3 is 10.2 Å². The number of nitrogens with one attached hydrogen (secondary N) is 1. The first-order valence-corrected chi connectivity index (χ1v) is 7.88. The van der Waals surface area contributed by atoms with Crippen molar-refractivity contribution in [3.63, 3.8) is 0 Å². The van der Waals surface area contributed by atoms with Crippen LogP contribution in [0.1, 0.15) is 39.5 Å². The minimum atomic E-state index is -4.11. The van der Waals surface area contributed by atoms with Crippen molar-refractivity contribution in [1.29, 1.82) is 0 Å². The second kappa shape index (κ2) is 6.55. The minimum Gasteiger partial charge on any atom is -0.337 e. The molecule has 2 rings (SSSR count). The average molecular weight is 306 g/mol. The van der Waals surface area contributed by atoms with Crippen molar-refractivity contribution < 1.29 is 18.0 Å². The van der Waals surface area contributed by atoms with E-state index in [0.717, 1.165) is 13.1 Å². The van der Waals surface area contributed by atoms with Crippen LogP contribution in [0.3, 0.4) is 0 Å². The second-order valence-electron chi connectivity index (χ2n) is 6.64. The van der Waals surface area contributed by atoms with Gasteiger partial charge in [0.1, 0.15) is 0 Å². The highest BCUT2D eigenvalue weighted by Gasteiger charge is 2.43. The van der Waals surface area contributed by atoms with Crippen LogP contribution in [0.2, 0.25) is 0 Å². The van der Waals surface area contributed by atoms with E-state index in [9.17, 15) is 18.0 Å². The molecule has 1 unspecified atom stereocenters. The third kappa shape index (κ3) is 3.90. The zero-order chi connectivity index (χ0) is 15.6. The maximum Gasteiger partial charge on any atom is 0.391 e. The Hall–Kier alpha value is -0.780. The van der Waals surface area contributed by atoms with Crippen LogP contribution in [0.4, 0.5) is 13.2 Å². The number of halogens is 3. The summed E-state index contributed by atoms with van der Waals surface area (Å²) in [5.74, 6) is -1.02. The summed E-state index contributed by atoms with van der Waals surface area (Å²) >= 11 is 0. The topological polar surface area (TPSA) is 32.3 Å². The van der Waals surface area contributed by atoms with E-state index in [2.05, 4.69) is 19.2 Å². The maximum atomic E-state index is 12.7. The highest BCUT2D eigenvalue weighted by atomic mass is 19.4. The third-order valence-corrected chi connectivity index (χ3v) is 4.88.